The highest BCUT2D eigenvalue weighted by molar-refractivity contribution is 6.66. The smallest absolute Gasteiger partial charge is 0.349 e. The second kappa shape index (κ2) is 12.0. The van der Waals surface area contributed by atoms with Crippen molar-refractivity contribution in [1.29, 1.82) is 0 Å². The first-order chi connectivity index (χ1) is 13.1. The van der Waals surface area contributed by atoms with Gasteiger partial charge in [0, 0.05) is 32.5 Å². The van der Waals surface area contributed by atoms with Gasteiger partial charge in [-0.1, -0.05) is 18.2 Å². The van der Waals surface area contributed by atoms with Gasteiger partial charge in [-0.2, -0.15) is 0 Å². The first-order valence-corrected chi connectivity index (χ1v) is 13.6. The molecule has 0 aromatic heterocycles. The first kappa shape index (κ1) is 22.5. The van der Waals surface area contributed by atoms with Crippen LogP contribution in [0.1, 0.15) is 20.8 Å². The summed E-state index contributed by atoms with van der Waals surface area (Å²) in [5.74, 6) is 0.745. The van der Waals surface area contributed by atoms with Gasteiger partial charge in [0.2, 0.25) is 0 Å². The van der Waals surface area contributed by atoms with Crippen LogP contribution in [0, 0.1) is 0 Å². The molecule has 27 heavy (non-hydrogen) atoms. The molecular formula is C19H33NO5Si2. The number of ether oxygens (including phenoxy) is 3. The van der Waals surface area contributed by atoms with Gasteiger partial charge in [-0.15, -0.1) is 0 Å². The lowest BCUT2D eigenvalue weighted by Gasteiger charge is -2.42. The minimum Gasteiger partial charge on any atom is -0.491 e. The average molecular weight is 412 g/mol. The van der Waals surface area contributed by atoms with Crippen molar-refractivity contribution in [2.75, 3.05) is 45.3 Å². The Morgan fingerprint density at radius 2 is 1.85 bits per heavy atom. The van der Waals surface area contributed by atoms with Crippen LogP contribution in [-0.2, 0) is 18.3 Å². The fourth-order valence-corrected chi connectivity index (χ4v) is 7.34. The minimum atomic E-state index is -2.24. The van der Waals surface area contributed by atoms with Crippen molar-refractivity contribution in [3.63, 3.8) is 0 Å². The van der Waals surface area contributed by atoms with Gasteiger partial charge in [0.05, 0.1) is 6.10 Å². The summed E-state index contributed by atoms with van der Waals surface area (Å²) in [7, 11) is -1.68. The first-order valence-electron chi connectivity index (χ1n) is 9.77. The summed E-state index contributed by atoms with van der Waals surface area (Å²) in [4.78, 5) is 2.42. The predicted molar refractivity (Wildman–Crippen MR) is 109 cm³/mol. The zero-order valence-electron chi connectivity index (χ0n) is 17.0. The Morgan fingerprint density at radius 1 is 1.15 bits per heavy atom. The van der Waals surface area contributed by atoms with E-state index in [-0.39, 0.29) is 12.0 Å². The van der Waals surface area contributed by atoms with E-state index in [4.69, 9.17) is 23.1 Å². The van der Waals surface area contributed by atoms with E-state index in [9.17, 15) is 0 Å². The topological polar surface area (TPSA) is 49.4 Å². The molecule has 2 atom stereocenters. The highest BCUT2D eigenvalue weighted by Gasteiger charge is 2.41. The summed E-state index contributed by atoms with van der Waals surface area (Å²) in [6.07, 6.45) is 1.79. The quantitative estimate of drug-likeness (QED) is 0.389. The zero-order chi connectivity index (χ0) is 19.5. The van der Waals surface area contributed by atoms with Crippen molar-refractivity contribution in [3.05, 3.63) is 30.3 Å². The molecule has 1 aromatic carbocycles. The lowest BCUT2D eigenvalue weighted by atomic mass is 10.3. The molecule has 1 aromatic rings. The maximum Gasteiger partial charge on any atom is 0.349 e. The number of para-hydroxylation sites is 1. The van der Waals surface area contributed by atoms with E-state index in [0.717, 1.165) is 24.6 Å². The molecule has 1 fully saturated rings. The van der Waals surface area contributed by atoms with Gasteiger partial charge in [0.25, 0.3) is 0 Å². The molecule has 0 aliphatic carbocycles. The average Bonchev–Trinajstić information content (AvgIpc) is 2.65. The normalized spacial score (nSPS) is 23.7. The van der Waals surface area contributed by atoms with Gasteiger partial charge in [-0.05, 0) is 45.6 Å². The fourth-order valence-electron chi connectivity index (χ4n) is 3.16. The Kier molecular flexibility index (Phi) is 9.98. The molecule has 0 spiro atoms. The Hall–Kier alpha value is -0.746. The van der Waals surface area contributed by atoms with Crippen molar-refractivity contribution in [3.8, 4) is 5.75 Å². The fraction of sp³-hybridized carbons (Fsp3) is 0.684. The van der Waals surface area contributed by atoms with Crippen molar-refractivity contribution < 1.29 is 23.1 Å². The molecule has 0 amide bonds. The van der Waals surface area contributed by atoms with Gasteiger partial charge >= 0.3 is 8.56 Å². The van der Waals surface area contributed by atoms with Crippen molar-refractivity contribution in [1.82, 2.24) is 4.90 Å². The van der Waals surface area contributed by atoms with E-state index in [1.54, 1.807) is 0 Å². The summed E-state index contributed by atoms with van der Waals surface area (Å²) < 4.78 is 29.7. The molecule has 1 heterocycles. The molecule has 2 radical (unpaired) electrons. The number of hydrogen-bond donors (Lipinski definition) is 0. The van der Waals surface area contributed by atoms with E-state index in [0.29, 0.717) is 35.9 Å². The van der Waals surface area contributed by atoms with Crippen LogP contribution in [0.4, 0.5) is 0 Å². The molecule has 2 unspecified atom stereocenters. The summed E-state index contributed by atoms with van der Waals surface area (Å²) in [6, 6.07) is 9.88. The maximum atomic E-state index is 6.36. The van der Waals surface area contributed by atoms with Crippen molar-refractivity contribution in [2.24, 2.45) is 0 Å². The molecule has 152 valence electrons. The monoisotopic (exact) mass is 411 g/mol. The second-order valence-corrected chi connectivity index (χ2v) is 10.9. The van der Waals surface area contributed by atoms with E-state index < -0.39 is 8.56 Å². The third-order valence-corrected chi connectivity index (χ3v) is 8.18. The van der Waals surface area contributed by atoms with Crippen LogP contribution in [0.5, 0.6) is 5.75 Å². The van der Waals surface area contributed by atoms with Crippen molar-refractivity contribution >= 4 is 18.1 Å². The molecular weight excluding hydrogens is 378 g/mol. The molecule has 1 aliphatic rings. The van der Waals surface area contributed by atoms with E-state index in [1.807, 2.05) is 51.1 Å². The standard InChI is InChI=1S/C19H33NO5Si2/c1-5-21-19(22-6-2)26-15-20-13-18(25-27(4,16-20)24-7-3)14-23-17-11-9-8-10-12-17/h8-12,18-19H,5-7,13-16H2,1-4H3. The largest absolute Gasteiger partial charge is 0.491 e. The molecule has 6 nitrogen and oxygen atoms in total. The highest BCUT2D eigenvalue weighted by atomic mass is 28.4. The van der Waals surface area contributed by atoms with Crippen LogP contribution in [0.25, 0.3) is 0 Å². The van der Waals surface area contributed by atoms with E-state index >= 15 is 0 Å². The Morgan fingerprint density at radius 3 is 2.48 bits per heavy atom. The number of hydrogen-bond acceptors (Lipinski definition) is 6. The van der Waals surface area contributed by atoms with Crippen LogP contribution in [0.3, 0.4) is 0 Å². The zero-order valence-corrected chi connectivity index (χ0v) is 19.0. The third kappa shape index (κ3) is 8.02. The molecule has 1 saturated heterocycles. The third-order valence-electron chi connectivity index (χ3n) is 4.14. The van der Waals surface area contributed by atoms with Gasteiger partial charge in [0.1, 0.15) is 27.8 Å². The Bertz CT molecular complexity index is 518. The molecule has 0 bridgehead atoms. The molecule has 8 heteroatoms. The molecule has 0 N–H and O–H groups in total. The van der Waals surface area contributed by atoms with Crippen LogP contribution in [0.2, 0.25) is 6.55 Å². The Balaban J connectivity index is 1.92. The van der Waals surface area contributed by atoms with Crippen LogP contribution >= 0.6 is 0 Å². The number of nitrogens with zero attached hydrogens (tertiary/aromatic N) is 1. The van der Waals surface area contributed by atoms with Crippen LogP contribution in [-0.4, -0.2) is 80.3 Å². The van der Waals surface area contributed by atoms with Crippen LogP contribution < -0.4 is 4.74 Å². The van der Waals surface area contributed by atoms with E-state index in [1.165, 1.54) is 0 Å². The lowest BCUT2D eigenvalue weighted by molar-refractivity contribution is -0.0837. The summed E-state index contributed by atoms with van der Waals surface area (Å²) >= 11 is 0. The number of benzene rings is 1. The maximum absolute atomic E-state index is 6.36. The highest BCUT2D eigenvalue weighted by Crippen LogP contribution is 2.20. The van der Waals surface area contributed by atoms with E-state index in [2.05, 4.69) is 11.4 Å². The second-order valence-electron chi connectivity index (χ2n) is 6.55. The minimum absolute atomic E-state index is 0.00427. The lowest BCUT2D eigenvalue weighted by Crippen LogP contribution is -2.61. The van der Waals surface area contributed by atoms with Crippen molar-refractivity contribution in [2.45, 2.75) is 39.3 Å². The van der Waals surface area contributed by atoms with Gasteiger partial charge < -0.3 is 28.0 Å². The van der Waals surface area contributed by atoms with Crippen LogP contribution in [0.15, 0.2) is 30.3 Å². The molecule has 1 aliphatic heterocycles. The van der Waals surface area contributed by atoms with Gasteiger partial charge in [0.15, 0.2) is 0 Å². The molecule has 2 rings (SSSR count). The Labute approximate surface area is 167 Å². The predicted octanol–water partition coefficient (Wildman–Crippen LogP) is 2.43. The SMILES string of the molecule is CCOC(OCC)[Si]CN1CC(COc2ccccc2)O[Si](C)(OCC)C1. The summed E-state index contributed by atoms with van der Waals surface area (Å²) in [5, 5.41) is 0. The van der Waals surface area contributed by atoms with Gasteiger partial charge in [-0.3, -0.25) is 0 Å². The summed E-state index contributed by atoms with van der Waals surface area (Å²) in [5.41, 5.74) is 0. The number of rotatable bonds is 12. The summed E-state index contributed by atoms with van der Waals surface area (Å²) in [6.45, 7) is 11.5. The van der Waals surface area contributed by atoms with Gasteiger partial charge in [-0.25, -0.2) is 0 Å². The molecule has 0 saturated carbocycles.